The summed E-state index contributed by atoms with van der Waals surface area (Å²) in [7, 11) is 1.95. The maximum absolute atomic E-state index is 14.8. The zero-order chi connectivity index (χ0) is 31.5. The van der Waals surface area contributed by atoms with Crippen molar-refractivity contribution in [3.63, 3.8) is 0 Å². The number of amides is 1. The van der Waals surface area contributed by atoms with Crippen molar-refractivity contribution in [3.05, 3.63) is 123 Å². The largest absolute Gasteiger partial charge is 0.334 e. The number of ketones is 1. The molecule has 0 aliphatic heterocycles. The SMILES string of the molecule is CC(=O)c1cn(Cc2c(F)cccc2F)c2sc(-c3ccc(NC(=O)C(C)C)cc3)c(CN(C)Cc3ccccc3)c2c1=O. The highest BCUT2D eigenvalue weighted by atomic mass is 32.1. The molecule has 0 aliphatic rings. The summed E-state index contributed by atoms with van der Waals surface area (Å²) in [6, 6.07) is 21.0. The number of carbonyl (C=O) groups excluding carboxylic acids is 2. The molecule has 1 amide bonds. The molecule has 0 spiro atoms. The van der Waals surface area contributed by atoms with Crippen LogP contribution in [0.15, 0.2) is 83.8 Å². The summed E-state index contributed by atoms with van der Waals surface area (Å²) in [6.07, 6.45) is 1.40. The smallest absolute Gasteiger partial charge is 0.226 e. The first kappa shape index (κ1) is 31.0. The Morgan fingerprint density at radius 1 is 0.909 bits per heavy atom. The molecule has 5 aromatic rings. The second kappa shape index (κ2) is 13.0. The highest BCUT2D eigenvalue weighted by Crippen LogP contribution is 2.39. The predicted octanol–water partition coefficient (Wildman–Crippen LogP) is 7.49. The highest BCUT2D eigenvalue weighted by Gasteiger charge is 2.24. The lowest BCUT2D eigenvalue weighted by molar-refractivity contribution is -0.118. The van der Waals surface area contributed by atoms with Crippen LogP contribution >= 0.6 is 11.3 Å². The van der Waals surface area contributed by atoms with E-state index < -0.39 is 22.8 Å². The number of hydrogen-bond acceptors (Lipinski definition) is 5. The third-order valence-corrected chi connectivity index (χ3v) is 8.76. The van der Waals surface area contributed by atoms with Crippen molar-refractivity contribution in [2.75, 3.05) is 12.4 Å². The van der Waals surface area contributed by atoms with Crippen molar-refractivity contribution < 1.29 is 18.4 Å². The maximum atomic E-state index is 14.8. The summed E-state index contributed by atoms with van der Waals surface area (Å²) in [5.41, 5.74) is 2.65. The number of nitrogens with one attached hydrogen (secondary N) is 1. The van der Waals surface area contributed by atoms with Crippen molar-refractivity contribution in [1.29, 1.82) is 0 Å². The van der Waals surface area contributed by atoms with E-state index in [2.05, 4.69) is 10.2 Å². The molecule has 0 aliphatic carbocycles. The summed E-state index contributed by atoms with van der Waals surface area (Å²) >= 11 is 1.33. The Hall–Kier alpha value is -4.47. The molecule has 2 aromatic heterocycles. The van der Waals surface area contributed by atoms with Gasteiger partial charge in [0, 0.05) is 41.3 Å². The van der Waals surface area contributed by atoms with E-state index in [1.807, 2.05) is 63.4 Å². The molecule has 5 rings (SSSR count). The molecule has 0 saturated carbocycles. The van der Waals surface area contributed by atoms with Crippen LogP contribution < -0.4 is 10.7 Å². The molecule has 0 saturated heterocycles. The Morgan fingerprint density at radius 2 is 1.57 bits per heavy atom. The molecule has 0 radical (unpaired) electrons. The number of Topliss-reactive ketones (excluding diaryl/α,β-unsaturated/α-hetero) is 1. The average molecular weight is 614 g/mol. The lowest BCUT2D eigenvalue weighted by Crippen LogP contribution is -2.21. The molecule has 44 heavy (non-hydrogen) atoms. The first-order chi connectivity index (χ1) is 21.0. The fourth-order valence-electron chi connectivity index (χ4n) is 5.11. The number of halogens is 2. The topological polar surface area (TPSA) is 71.4 Å². The molecule has 3 aromatic carbocycles. The molecule has 226 valence electrons. The molecular weight excluding hydrogens is 580 g/mol. The second-order valence-electron chi connectivity index (χ2n) is 11.2. The van der Waals surface area contributed by atoms with Gasteiger partial charge in [-0.15, -0.1) is 11.3 Å². The second-order valence-corrected chi connectivity index (χ2v) is 12.2. The fraction of sp³-hybridized carbons (Fsp3) is 0.229. The molecule has 0 bridgehead atoms. The van der Waals surface area contributed by atoms with Gasteiger partial charge in [0.25, 0.3) is 0 Å². The Labute approximate surface area is 258 Å². The number of thiophene rings is 1. The van der Waals surface area contributed by atoms with E-state index in [4.69, 9.17) is 0 Å². The van der Waals surface area contributed by atoms with Crippen molar-refractivity contribution in [2.45, 2.75) is 40.4 Å². The Morgan fingerprint density at radius 3 is 2.18 bits per heavy atom. The van der Waals surface area contributed by atoms with Crippen LogP contribution in [0.3, 0.4) is 0 Å². The van der Waals surface area contributed by atoms with Crippen LogP contribution in [0.1, 0.15) is 47.8 Å². The van der Waals surface area contributed by atoms with Gasteiger partial charge in [-0.2, -0.15) is 0 Å². The molecule has 0 unspecified atom stereocenters. The van der Waals surface area contributed by atoms with Gasteiger partial charge >= 0.3 is 0 Å². The van der Waals surface area contributed by atoms with Gasteiger partial charge in [0.1, 0.15) is 16.5 Å². The fourth-order valence-corrected chi connectivity index (χ4v) is 6.40. The maximum Gasteiger partial charge on any atom is 0.226 e. The monoisotopic (exact) mass is 613 g/mol. The van der Waals surface area contributed by atoms with E-state index in [1.54, 1.807) is 16.7 Å². The summed E-state index contributed by atoms with van der Waals surface area (Å²) in [6.45, 7) is 5.73. The van der Waals surface area contributed by atoms with E-state index in [0.29, 0.717) is 29.0 Å². The number of pyridine rings is 1. The van der Waals surface area contributed by atoms with Crippen molar-refractivity contribution in [1.82, 2.24) is 9.47 Å². The van der Waals surface area contributed by atoms with Crippen LogP contribution in [0.5, 0.6) is 0 Å². The summed E-state index contributed by atoms with van der Waals surface area (Å²) in [4.78, 5) is 42.2. The summed E-state index contributed by atoms with van der Waals surface area (Å²) in [5.74, 6) is -2.12. The molecule has 9 heteroatoms. The minimum atomic E-state index is -0.708. The molecule has 6 nitrogen and oxygen atoms in total. The van der Waals surface area contributed by atoms with E-state index in [1.165, 1.54) is 42.7 Å². The van der Waals surface area contributed by atoms with Crippen LogP contribution in [0, 0.1) is 17.6 Å². The normalized spacial score (nSPS) is 11.5. The standard InChI is InChI=1S/C35H33F2N3O3S/c1-21(2)34(43)38-25-15-13-24(14-16-25)33-28(18-39(4)17-23-9-6-5-7-10-23)31-32(42)26(22(3)41)19-40(35(31)44-33)20-27-29(36)11-8-12-30(27)37/h5-16,19,21H,17-18,20H2,1-4H3,(H,38,43). The van der Waals surface area contributed by atoms with Gasteiger partial charge in [0.05, 0.1) is 17.5 Å². The van der Waals surface area contributed by atoms with Gasteiger partial charge in [-0.3, -0.25) is 19.3 Å². The van der Waals surface area contributed by atoms with E-state index in [9.17, 15) is 23.2 Å². The van der Waals surface area contributed by atoms with Crippen molar-refractivity contribution in [2.24, 2.45) is 5.92 Å². The number of anilines is 1. The quantitative estimate of drug-likeness (QED) is 0.166. The minimum absolute atomic E-state index is 0.0442. The van der Waals surface area contributed by atoms with E-state index in [-0.39, 0.29) is 29.5 Å². The molecule has 2 heterocycles. The van der Waals surface area contributed by atoms with Crippen molar-refractivity contribution >= 4 is 38.9 Å². The number of hydrogen-bond donors (Lipinski definition) is 1. The Kier molecular flexibility index (Phi) is 9.17. The van der Waals surface area contributed by atoms with Gasteiger partial charge < -0.3 is 9.88 Å². The molecule has 0 fully saturated rings. The first-order valence-corrected chi connectivity index (χ1v) is 15.1. The first-order valence-electron chi connectivity index (χ1n) is 14.3. The molecular formula is C35H33F2N3O3S. The lowest BCUT2D eigenvalue weighted by Gasteiger charge is -2.18. The van der Waals surface area contributed by atoms with Gasteiger partial charge in [-0.25, -0.2) is 8.78 Å². The molecule has 1 N–H and O–H groups in total. The highest BCUT2D eigenvalue weighted by molar-refractivity contribution is 7.22. The van der Waals surface area contributed by atoms with E-state index >= 15 is 0 Å². The average Bonchev–Trinajstić information content (AvgIpc) is 3.36. The van der Waals surface area contributed by atoms with Crippen LogP contribution in [-0.2, 0) is 24.4 Å². The van der Waals surface area contributed by atoms with Gasteiger partial charge in [-0.05, 0) is 54.9 Å². The minimum Gasteiger partial charge on any atom is -0.334 e. The Balaban J connectivity index is 1.69. The number of nitrogens with zero attached hydrogens (tertiary/aromatic N) is 2. The zero-order valence-corrected chi connectivity index (χ0v) is 25.8. The third-order valence-electron chi connectivity index (χ3n) is 7.44. The number of aromatic nitrogens is 1. The number of fused-ring (bicyclic) bond motifs is 1. The number of carbonyl (C=O) groups is 2. The van der Waals surface area contributed by atoms with Crippen LogP contribution in [0.4, 0.5) is 14.5 Å². The Bertz CT molecular complexity index is 1880. The summed E-state index contributed by atoms with van der Waals surface area (Å²) in [5, 5.41) is 3.24. The summed E-state index contributed by atoms with van der Waals surface area (Å²) < 4.78 is 31.1. The van der Waals surface area contributed by atoms with Gasteiger partial charge in [0.15, 0.2) is 5.78 Å². The van der Waals surface area contributed by atoms with Crippen LogP contribution in [-0.4, -0.2) is 28.2 Å². The predicted molar refractivity (Wildman–Crippen MR) is 172 cm³/mol. The third kappa shape index (κ3) is 6.54. The zero-order valence-electron chi connectivity index (χ0n) is 25.0. The number of rotatable bonds is 10. The van der Waals surface area contributed by atoms with Crippen LogP contribution in [0.25, 0.3) is 20.7 Å². The van der Waals surface area contributed by atoms with Gasteiger partial charge in [0.2, 0.25) is 11.3 Å². The lowest BCUT2D eigenvalue weighted by atomic mass is 10.0. The number of benzene rings is 3. The van der Waals surface area contributed by atoms with Gasteiger partial charge in [-0.1, -0.05) is 62.4 Å². The van der Waals surface area contributed by atoms with Crippen LogP contribution in [0.2, 0.25) is 0 Å². The van der Waals surface area contributed by atoms with E-state index in [0.717, 1.165) is 21.6 Å². The molecule has 0 atom stereocenters. The van der Waals surface area contributed by atoms with Crippen molar-refractivity contribution in [3.8, 4) is 10.4 Å².